The van der Waals surface area contributed by atoms with Crippen molar-refractivity contribution in [2.45, 2.75) is 26.3 Å². The van der Waals surface area contributed by atoms with Crippen molar-refractivity contribution >= 4 is 5.97 Å². The molecule has 0 aliphatic carbocycles. The minimum Gasteiger partial charge on any atom is -0.466 e. The van der Waals surface area contributed by atoms with Gasteiger partial charge in [-0.1, -0.05) is 5.21 Å². The number of aromatic nitrogens is 3. The van der Waals surface area contributed by atoms with Gasteiger partial charge in [-0.15, -0.1) is 5.10 Å². The summed E-state index contributed by atoms with van der Waals surface area (Å²) in [5.74, 6) is -0.150. The molecule has 72 valence electrons. The second kappa shape index (κ2) is 5.29. The van der Waals surface area contributed by atoms with Crippen LogP contribution in [0.1, 0.15) is 19.8 Å². The van der Waals surface area contributed by atoms with Crippen molar-refractivity contribution in [2.75, 3.05) is 6.61 Å². The second-order valence-electron chi connectivity index (χ2n) is 2.57. The average molecular weight is 183 g/mol. The van der Waals surface area contributed by atoms with Crippen LogP contribution in [0, 0.1) is 0 Å². The van der Waals surface area contributed by atoms with Crippen molar-refractivity contribution in [3.05, 3.63) is 12.4 Å². The van der Waals surface area contributed by atoms with E-state index in [1.165, 1.54) is 0 Å². The SMILES string of the molecule is CCOC(=O)CCCn1ccnn1. The molecule has 5 nitrogen and oxygen atoms in total. The lowest BCUT2D eigenvalue weighted by Crippen LogP contribution is -2.06. The third-order valence-electron chi connectivity index (χ3n) is 1.55. The van der Waals surface area contributed by atoms with Gasteiger partial charge in [0.2, 0.25) is 0 Å². The van der Waals surface area contributed by atoms with Gasteiger partial charge >= 0.3 is 5.97 Å². The molecule has 0 amide bonds. The number of hydrogen-bond acceptors (Lipinski definition) is 4. The molecule has 5 heteroatoms. The number of ether oxygens (including phenoxy) is 1. The van der Waals surface area contributed by atoms with E-state index < -0.39 is 0 Å². The van der Waals surface area contributed by atoms with Crippen molar-refractivity contribution in [2.24, 2.45) is 0 Å². The second-order valence-corrected chi connectivity index (χ2v) is 2.57. The number of carbonyl (C=O) groups is 1. The van der Waals surface area contributed by atoms with E-state index in [2.05, 4.69) is 10.3 Å². The smallest absolute Gasteiger partial charge is 0.305 e. The van der Waals surface area contributed by atoms with Gasteiger partial charge in [-0.3, -0.25) is 9.48 Å². The third kappa shape index (κ3) is 3.68. The number of esters is 1. The lowest BCUT2D eigenvalue weighted by molar-refractivity contribution is -0.143. The molecule has 0 aromatic carbocycles. The molecule has 0 radical (unpaired) electrons. The monoisotopic (exact) mass is 183 g/mol. The van der Waals surface area contributed by atoms with Crippen LogP contribution in [-0.2, 0) is 16.1 Å². The van der Waals surface area contributed by atoms with E-state index in [9.17, 15) is 4.79 Å². The Kier molecular flexibility index (Phi) is 3.95. The van der Waals surface area contributed by atoms with E-state index in [1.807, 2.05) is 0 Å². The van der Waals surface area contributed by atoms with Gasteiger partial charge in [-0.05, 0) is 13.3 Å². The van der Waals surface area contributed by atoms with Crippen LogP contribution in [0.2, 0.25) is 0 Å². The minimum absolute atomic E-state index is 0.150. The fourth-order valence-corrected chi connectivity index (χ4v) is 0.971. The van der Waals surface area contributed by atoms with E-state index in [0.717, 1.165) is 6.42 Å². The maximum atomic E-state index is 10.9. The summed E-state index contributed by atoms with van der Waals surface area (Å²) in [4.78, 5) is 10.9. The molecule has 1 aromatic rings. The van der Waals surface area contributed by atoms with E-state index >= 15 is 0 Å². The molecular weight excluding hydrogens is 170 g/mol. The normalized spacial score (nSPS) is 9.92. The van der Waals surface area contributed by atoms with Crippen LogP contribution in [0.4, 0.5) is 0 Å². The van der Waals surface area contributed by atoms with Crippen molar-refractivity contribution in [3.8, 4) is 0 Å². The van der Waals surface area contributed by atoms with Crippen LogP contribution in [0.3, 0.4) is 0 Å². The summed E-state index contributed by atoms with van der Waals surface area (Å²) in [6.07, 6.45) is 4.56. The van der Waals surface area contributed by atoms with Crippen LogP contribution in [-0.4, -0.2) is 27.6 Å². The molecule has 0 spiro atoms. The van der Waals surface area contributed by atoms with Gasteiger partial charge in [0.1, 0.15) is 0 Å². The highest BCUT2D eigenvalue weighted by molar-refractivity contribution is 5.69. The number of rotatable bonds is 5. The van der Waals surface area contributed by atoms with Gasteiger partial charge in [0.15, 0.2) is 0 Å². The third-order valence-corrected chi connectivity index (χ3v) is 1.55. The van der Waals surface area contributed by atoms with Gasteiger partial charge in [-0.25, -0.2) is 0 Å². The van der Waals surface area contributed by atoms with Crippen LogP contribution >= 0.6 is 0 Å². The zero-order valence-corrected chi connectivity index (χ0v) is 7.64. The Labute approximate surface area is 76.7 Å². The molecule has 0 fully saturated rings. The molecule has 0 atom stereocenters. The Morgan fingerprint density at radius 3 is 3.08 bits per heavy atom. The largest absolute Gasteiger partial charge is 0.466 e. The molecule has 0 aliphatic rings. The van der Waals surface area contributed by atoms with Crippen LogP contribution < -0.4 is 0 Å². The molecular formula is C8H13N3O2. The molecule has 0 N–H and O–H groups in total. The van der Waals surface area contributed by atoms with Crippen molar-refractivity contribution in [1.82, 2.24) is 15.0 Å². The number of aryl methyl sites for hydroxylation is 1. The van der Waals surface area contributed by atoms with E-state index in [4.69, 9.17) is 4.74 Å². The minimum atomic E-state index is -0.150. The van der Waals surface area contributed by atoms with Gasteiger partial charge in [0.05, 0.1) is 12.8 Å². The molecule has 13 heavy (non-hydrogen) atoms. The van der Waals surface area contributed by atoms with Crippen molar-refractivity contribution < 1.29 is 9.53 Å². The Bertz CT molecular complexity index is 246. The summed E-state index contributed by atoms with van der Waals surface area (Å²) in [5.41, 5.74) is 0. The Balaban J connectivity index is 2.11. The van der Waals surface area contributed by atoms with Crippen LogP contribution in [0.15, 0.2) is 12.4 Å². The molecule has 0 bridgehead atoms. The standard InChI is InChI=1S/C8H13N3O2/c1-2-13-8(12)4-3-6-11-7-5-9-10-11/h5,7H,2-4,6H2,1H3. The highest BCUT2D eigenvalue weighted by Crippen LogP contribution is 1.95. The van der Waals surface area contributed by atoms with Gasteiger partial charge in [0, 0.05) is 19.2 Å². The first-order valence-electron chi connectivity index (χ1n) is 4.32. The zero-order chi connectivity index (χ0) is 9.52. The summed E-state index contributed by atoms with van der Waals surface area (Å²) in [5, 5.41) is 7.43. The molecule has 0 unspecified atom stereocenters. The van der Waals surface area contributed by atoms with Gasteiger partial charge in [0.25, 0.3) is 0 Å². The first-order valence-corrected chi connectivity index (χ1v) is 4.32. The summed E-state index contributed by atoms with van der Waals surface area (Å²) >= 11 is 0. The highest BCUT2D eigenvalue weighted by Gasteiger charge is 2.00. The van der Waals surface area contributed by atoms with Gasteiger partial charge < -0.3 is 4.74 Å². The Hall–Kier alpha value is -1.39. The molecule has 0 saturated heterocycles. The Morgan fingerprint density at radius 2 is 2.46 bits per heavy atom. The first-order chi connectivity index (χ1) is 6.33. The predicted molar refractivity (Wildman–Crippen MR) is 45.9 cm³/mol. The summed E-state index contributed by atoms with van der Waals surface area (Å²) in [6, 6.07) is 0. The first kappa shape index (κ1) is 9.70. The number of hydrogen-bond donors (Lipinski definition) is 0. The quantitative estimate of drug-likeness (QED) is 0.628. The summed E-state index contributed by atoms with van der Waals surface area (Å²) in [7, 11) is 0. The average Bonchev–Trinajstić information content (AvgIpc) is 2.57. The maximum Gasteiger partial charge on any atom is 0.305 e. The van der Waals surface area contributed by atoms with Crippen LogP contribution in [0.25, 0.3) is 0 Å². The van der Waals surface area contributed by atoms with Gasteiger partial charge in [-0.2, -0.15) is 0 Å². The fourth-order valence-electron chi connectivity index (χ4n) is 0.971. The summed E-state index contributed by atoms with van der Waals surface area (Å²) < 4.78 is 6.47. The zero-order valence-electron chi connectivity index (χ0n) is 7.64. The van der Waals surface area contributed by atoms with Crippen LogP contribution in [0.5, 0.6) is 0 Å². The van der Waals surface area contributed by atoms with E-state index in [0.29, 0.717) is 19.6 Å². The molecule has 0 saturated carbocycles. The molecule has 1 rings (SSSR count). The van der Waals surface area contributed by atoms with E-state index in [-0.39, 0.29) is 5.97 Å². The maximum absolute atomic E-state index is 10.9. The highest BCUT2D eigenvalue weighted by atomic mass is 16.5. The molecule has 1 aromatic heterocycles. The fraction of sp³-hybridized carbons (Fsp3) is 0.625. The molecule has 0 aliphatic heterocycles. The lowest BCUT2D eigenvalue weighted by atomic mass is 10.3. The predicted octanol–water partition coefficient (Wildman–Crippen LogP) is 0.621. The summed E-state index contributed by atoms with van der Waals surface area (Å²) in [6.45, 7) is 2.95. The molecule has 1 heterocycles. The number of nitrogens with zero attached hydrogens (tertiary/aromatic N) is 3. The van der Waals surface area contributed by atoms with E-state index in [1.54, 1.807) is 24.0 Å². The number of carbonyl (C=O) groups excluding carboxylic acids is 1. The van der Waals surface area contributed by atoms with Crippen molar-refractivity contribution in [3.63, 3.8) is 0 Å². The topological polar surface area (TPSA) is 57.0 Å². The lowest BCUT2D eigenvalue weighted by Gasteiger charge is -2.01. The Morgan fingerprint density at radius 1 is 1.62 bits per heavy atom. The van der Waals surface area contributed by atoms with Crippen molar-refractivity contribution in [1.29, 1.82) is 0 Å².